The van der Waals surface area contributed by atoms with E-state index in [2.05, 4.69) is 76.1 Å². The number of fused-ring (bicyclic) bond motifs is 1. The van der Waals surface area contributed by atoms with Crippen LogP contribution in [0.4, 0.5) is 5.69 Å². The number of carbonyl (C=O) groups is 1. The summed E-state index contributed by atoms with van der Waals surface area (Å²) < 4.78 is 1.08. The van der Waals surface area contributed by atoms with Crippen LogP contribution in [0, 0.1) is 3.57 Å². The van der Waals surface area contributed by atoms with E-state index >= 15 is 0 Å². The van der Waals surface area contributed by atoms with Crippen LogP contribution in [0.5, 0.6) is 0 Å². The maximum Gasteiger partial charge on any atom is 0.251 e. The highest BCUT2D eigenvalue weighted by Crippen LogP contribution is 2.30. The molecule has 0 radical (unpaired) electrons. The first kappa shape index (κ1) is 21.9. The zero-order valence-electron chi connectivity index (χ0n) is 17.6. The van der Waals surface area contributed by atoms with Crippen molar-refractivity contribution in [3.63, 3.8) is 0 Å². The maximum atomic E-state index is 12.8. The van der Waals surface area contributed by atoms with Crippen molar-refractivity contribution in [3.8, 4) is 0 Å². The number of amides is 1. The molecule has 0 aromatic heterocycles. The predicted molar refractivity (Wildman–Crippen MR) is 133 cm³/mol. The third kappa shape index (κ3) is 4.94. The fourth-order valence-corrected chi connectivity index (χ4v) is 5.14. The van der Waals surface area contributed by atoms with Crippen LogP contribution in [0.25, 0.3) is 0 Å². The van der Waals surface area contributed by atoms with Gasteiger partial charge in [-0.05, 0) is 103 Å². The van der Waals surface area contributed by atoms with Crippen molar-refractivity contribution < 1.29 is 4.79 Å². The molecule has 0 saturated heterocycles. The Morgan fingerprint density at radius 2 is 1.90 bits per heavy atom. The van der Waals surface area contributed by atoms with E-state index in [-0.39, 0.29) is 11.9 Å². The number of hydrogen-bond donors (Lipinski definition) is 1. The molecular formula is C24H29ClIN3O. The fraction of sp³-hybridized carbons (Fsp3) is 0.458. The van der Waals surface area contributed by atoms with E-state index in [1.165, 1.54) is 11.1 Å². The molecule has 2 aliphatic rings. The number of nitrogens with one attached hydrogen (secondary N) is 1. The van der Waals surface area contributed by atoms with Crippen LogP contribution in [0.1, 0.15) is 47.2 Å². The molecule has 0 unspecified atom stereocenters. The zero-order chi connectivity index (χ0) is 21.3. The highest BCUT2D eigenvalue weighted by atomic mass is 127. The SMILES string of the molecule is CN1CCc2cc(C(=O)NC3CCC(N(C)c4ccc(I)c(Cl)c4)CC3)ccc2C1. The Kier molecular flexibility index (Phi) is 6.90. The van der Waals surface area contributed by atoms with E-state index in [9.17, 15) is 4.79 Å². The number of halogens is 2. The molecule has 1 aliphatic carbocycles. The largest absolute Gasteiger partial charge is 0.372 e. The summed E-state index contributed by atoms with van der Waals surface area (Å²) in [5.74, 6) is 0.0675. The lowest BCUT2D eigenvalue weighted by Gasteiger charge is -2.36. The smallest absolute Gasteiger partial charge is 0.251 e. The molecule has 1 N–H and O–H groups in total. The third-order valence-electron chi connectivity index (χ3n) is 6.56. The highest BCUT2D eigenvalue weighted by Gasteiger charge is 2.26. The van der Waals surface area contributed by atoms with Crippen LogP contribution in [0.2, 0.25) is 5.02 Å². The number of likely N-dealkylation sites (N-methyl/N-ethyl adjacent to an activating group) is 1. The molecule has 30 heavy (non-hydrogen) atoms. The Bertz CT molecular complexity index is 927. The molecule has 1 aliphatic heterocycles. The van der Waals surface area contributed by atoms with Gasteiger partial charge in [0, 0.05) is 47.0 Å². The average molecular weight is 538 g/mol. The quantitative estimate of drug-likeness (QED) is 0.551. The molecule has 1 saturated carbocycles. The van der Waals surface area contributed by atoms with E-state index in [1.54, 1.807) is 0 Å². The first-order chi connectivity index (χ1) is 14.4. The van der Waals surface area contributed by atoms with Crippen molar-refractivity contribution in [3.05, 3.63) is 61.7 Å². The van der Waals surface area contributed by atoms with Gasteiger partial charge in [-0.3, -0.25) is 4.79 Å². The topological polar surface area (TPSA) is 35.6 Å². The highest BCUT2D eigenvalue weighted by molar-refractivity contribution is 14.1. The average Bonchev–Trinajstić information content (AvgIpc) is 2.75. The van der Waals surface area contributed by atoms with Gasteiger partial charge in [0.25, 0.3) is 5.91 Å². The van der Waals surface area contributed by atoms with Crippen molar-refractivity contribution in [2.24, 2.45) is 0 Å². The van der Waals surface area contributed by atoms with Gasteiger partial charge in [-0.15, -0.1) is 0 Å². The summed E-state index contributed by atoms with van der Waals surface area (Å²) in [7, 11) is 4.29. The molecule has 0 bridgehead atoms. The van der Waals surface area contributed by atoms with Gasteiger partial charge in [-0.2, -0.15) is 0 Å². The van der Waals surface area contributed by atoms with Crippen LogP contribution >= 0.6 is 34.2 Å². The number of hydrogen-bond acceptors (Lipinski definition) is 3. The van der Waals surface area contributed by atoms with Crippen LogP contribution in [-0.4, -0.2) is 43.5 Å². The minimum Gasteiger partial charge on any atom is -0.372 e. The molecule has 4 nitrogen and oxygen atoms in total. The number of rotatable bonds is 4. The normalized spacial score (nSPS) is 21.7. The molecule has 2 aromatic carbocycles. The molecular weight excluding hydrogens is 509 g/mol. The van der Waals surface area contributed by atoms with Crippen molar-refractivity contribution in [2.75, 3.05) is 25.5 Å². The monoisotopic (exact) mass is 537 g/mol. The first-order valence-electron chi connectivity index (χ1n) is 10.7. The van der Waals surface area contributed by atoms with Gasteiger partial charge in [0.1, 0.15) is 0 Å². The van der Waals surface area contributed by atoms with Gasteiger partial charge in [0.2, 0.25) is 0 Å². The van der Waals surface area contributed by atoms with Crippen molar-refractivity contribution in [1.29, 1.82) is 0 Å². The lowest BCUT2D eigenvalue weighted by molar-refractivity contribution is 0.0925. The van der Waals surface area contributed by atoms with Crippen molar-refractivity contribution >= 4 is 45.8 Å². The molecule has 4 rings (SSSR count). The predicted octanol–water partition coefficient (Wildman–Crippen LogP) is 5.11. The van der Waals surface area contributed by atoms with Gasteiger partial charge < -0.3 is 15.1 Å². The molecule has 1 amide bonds. The summed E-state index contributed by atoms with van der Waals surface area (Å²) >= 11 is 8.56. The summed E-state index contributed by atoms with van der Waals surface area (Å²) in [6, 6.07) is 13.2. The van der Waals surface area contributed by atoms with Crippen LogP contribution < -0.4 is 10.2 Å². The summed E-state index contributed by atoms with van der Waals surface area (Å²) in [4.78, 5) is 17.5. The molecule has 0 spiro atoms. The second-order valence-corrected chi connectivity index (χ2v) is 10.2. The van der Waals surface area contributed by atoms with E-state index in [1.807, 2.05) is 12.1 Å². The summed E-state index contributed by atoms with van der Waals surface area (Å²) in [5, 5.41) is 4.08. The second-order valence-electron chi connectivity index (χ2n) is 8.66. The van der Waals surface area contributed by atoms with Gasteiger partial charge in [-0.1, -0.05) is 17.7 Å². The van der Waals surface area contributed by atoms with Crippen molar-refractivity contribution in [1.82, 2.24) is 10.2 Å². The van der Waals surface area contributed by atoms with Crippen LogP contribution in [0.15, 0.2) is 36.4 Å². The molecule has 160 valence electrons. The number of nitrogens with zero attached hydrogens (tertiary/aromatic N) is 2. The van der Waals surface area contributed by atoms with E-state index in [0.717, 1.165) is 65.0 Å². The molecule has 0 atom stereocenters. The molecule has 2 aromatic rings. The summed E-state index contributed by atoms with van der Waals surface area (Å²) in [5.41, 5.74) is 4.63. The Labute approximate surface area is 198 Å². The molecule has 1 fully saturated rings. The van der Waals surface area contributed by atoms with E-state index in [0.29, 0.717) is 6.04 Å². The minimum atomic E-state index is 0.0675. The van der Waals surface area contributed by atoms with Gasteiger partial charge >= 0.3 is 0 Å². The third-order valence-corrected chi connectivity index (χ3v) is 8.13. The Balaban J connectivity index is 1.32. The van der Waals surface area contributed by atoms with E-state index in [4.69, 9.17) is 11.6 Å². The van der Waals surface area contributed by atoms with Gasteiger partial charge in [-0.25, -0.2) is 0 Å². The first-order valence-corrected chi connectivity index (χ1v) is 12.2. The van der Waals surface area contributed by atoms with Gasteiger partial charge in [0.05, 0.1) is 5.02 Å². The zero-order valence-corrected chi connectivity index (χ0v) is 20.5. The standard InChI is InChI=1S/C24H29ClIN3O/c1-28-12-11-16-13-17(3-4-18(16)15-28)24(30)27-19-5-7-20(8-6-19)29(2)21-9-10-23(26)22(25)14-21/h3-4,9-10,13-14,19-20H,5-8,11-12,15H2,1-2H3,(H,27,30). The Hall–Kier alpha value is -1.31. The van der Waals surface area contributed by atoms with Crippen LogP contribution in [0.3, 0.4) is 0 Å². The minimum absolute atomic E-state index is 0.0675. The second kappa shape index (κ2) is 9.45. The Morgan fingerprint density at radius 1 is 1.13 bits per heavy atom. The van der Waals surface area contributed by atoms with Crippen molar-refractivity contribution in [2.45, 2.75) is 50.7 Å². The lowest BCUT2D eigenvalue weighted by Crippen LogP contribution is -2.43. The lowest BCUT2D eigenvalue weighted by atomic mass is 9.89. The Morgan fingerprint density at radius 3 is 2.63 bits per heavy atom. The summed E-state index contributed by atoms with van der Waals surface area (Å²) in [6.07, 6.45) is 5.18. The summed E-state index contributed by atoms with van der Waals surface area (Å²) in [6.45, 7) is 2.03. The number of benzene rings is 2. The maximum absolute atomic E-state index is 12.8. The van der Waals surface area contributed by atoms with E-state index < -0.39 is 0 Å². The van der Waals surface area contributed by atoms with Gasteiger partial charge in [0.15, 0.2) is 0 Å². The van der Waals surface area contributed by atoms with Crippen LogP contribution in [-0.2, 0) is 13.0 Å². The number of carbonyl (C=O) groups excluding carboxylic acids is 1. The fourth-order valence-electron chi connectivity index (χ4n) is 4.63. The molecule has 1 heterocycles. The molecule has 6 heteroatoms. The number of anilines is 1.